The third kappa shape index (κ3) is 1.95. The molecule has 0 amide bonds. The summed E-state index contributed by atoms with van der Waals surface area (Å²) in [7, 11) is 1.63. The van der Waals surface area contributed by atoms with E-state index in [4.69, 9.17) is 0 Å². The molecular weight excluding hydrogens is 258 g/mol. The van der Waals surface area contributed by atoms with Gasteiger partial charge in [-0.15, -0.1) is 0 Å². The molecule has 1 aliphatic heterocycles. The number of carbonyl (C=O) groups is 1. The van der Waals surface area contributed by atoms with Crippen molar-refractivity contribution in [2.24, 2.45) is 0 Å². The minimum Gasteiger partial charge on any atom is -0.545 e. The van der Waals surface area contributed by atoms with E-state index in [1.165, 1.54) is 0 Å². The fourth-order valence-corrected chi connectivity index (χ4v) is 3.31. The zero-order valence-corrected chi connectivity index (χ0v) is 10.2. The number of likely N-dealkylation sites (tertiary alicyclic amines) is 1. The molecule has 0 radical (unpaired) electrons. The molecule has 1 fully saturated rings. The largest absolute Gasteiger partial charge is 0.545 e. The molecule has 0 aromatic rings. The molecule has 9 nitrogen and oxygen atoms in total. The lowest BCUT2D eigenvalue weighted by Crippen LogP contribution is -3.15. The Morgan fingerprint density at radius 1 is 1.32 bits per heavy atom. The van der Waals surface area contributed by atoms with Gasteiger partial charge in [-0.1, -0.05) is 0 Å². The molecule has 1 saturated heterocycles. The van der Waals surface area contributed by atoms with Gasteiger partial charge in [-0.2, -0.15) is 0 Å². The number of likely N-dealkylation sites (N-methyl/N-ethyl adjacent to an activating group) is 1. The summed E-state index contributed by atoms with van der Waals surface area (Å²) in [4.78, 5) is 33.0. The highest BCUT2D eigenvalue weighted by atomic mass is 16.6. The van der Waals surface area contributed by atoms with Crippen LogP contribution in [-0.4, -0.2) is 47.0 Å². The monoisotopic (exact) mass is 271 g/mol. The van der Waals surface area contributed by atoms with Crippen LogP contribution in [0.25, 0.3) is 0 Å². The maximum Gasteiger partial charge on any atom is 0.295 e. The Labute approximate surface area is 107 Å². The second kappa shape index (κ2) is 3.98. The summed E-state index contributed by atoms with van der Waals surface area (Å²) in [6.07, 6.45) is 0.441. The predicted octanol–water partition coefficient (Wildman–Crippen LogP) is -2.98. The molecule has 1 heterocycles. The number of quaternary nitrogens is 1. The van der Waals surface area contributed by atoms with E-state index in [9.17, 15) is 30.1 Å². The maximum absolute atomic E-state index is 11.3. The number of rotatable bonds is 3. The first-order chi connectivity index (χ1) is 8.71. The van der Waals surface area contributed by atoms with Crippen molar-refractivity contribution < 1.29 is 24.6 Å². The molecule has 0 aromatic heterocycles. The van der Waals surface area contributed by atoms with Gasteiger partial charge >= 0.3 is 0 Å². The Bertz CT molecular complexity index is 503. The third-order valence-electron chi connectivity index (χ3n) is 3.85. The average Bonchev–Trinajstić information content (AvgIpc) is 2.26. The van der Waals surface area contributed by atoms with E-state index in [0.717, 1.165) is 6.08 Å². The van der Waals surface area contributed by atoms with Crippen LogP contribution in [-0.2, 0) is 4.79 Å². The maximum atomic E-state index is 11.3. The van der Waals surface area contributed by atoms with Crippen molar-refractivity contribution >= 4 is 5.97 Å². The number of nitro groups is 2. The summed E-state index contributed by atoms with van der Waals surface area (Å²) in [5.41, 5.74) is -3.63. The van der Waals surface area contributed by atoms with Crippen LogP contribution in [0, 0.1) is 20.2 Å². The second-order valence-electron chi connectivity index (χ2n) is 5.46. The van der Waals surface area contributed by atoms with Crippen LogP contribution < -0.4 is 10.0 Å². The summed E-state index contributed by atoms with van der Waals surface area (Å²) in [5, 5.41) is 33.5. The van der Waals surface area contributed by atoms with Crippen molar-refractivity contribution in [1.29, 1.82) is 0 Å². The average molecular weight is 271 g/mol. The highest BCUT2D eigenvalue weighted by Gasteiger charge is 2.66. The number of piperidine rings is 1. The first-order valence-electron chi connectivity index (χ1n) is 5.74. The number of hydrogen-bond acceptors (Lipinski definition) is 6. The molecule has 0 spiro atoms. The van der Waals surface area contributed by atoms with Gasteiger partial charge in [0.25, 0.3) is 11.1 Å². The lowest BCUT2D eigenvalue weighted by Gasteiger charge is -2.41. The van der Waals surface area contributed by atoms with Gasteiger partial charge in [0.2, 0.25) is 0 Å². The van der Waals surface area contributed by atoms with Crippen LogP contribution in [0.15, 0.2) is 11.6 Å². The zero-order valence-electron chi connectivity index (χ0n) is 10.2. The summed E-state index contributed by atoms with van der Waals surface area (Å²) < 4.78 is 0. The van der Waals surface area contributed by atoms with E-state index >= 15 is 0 Å². The van der Waals surface area contributed by atoms with Gasteiger partial charge in [-0.05, 0) is 5.57 Å². The zero-order chi connectivity index (χ0) is 14.4. The summed E-state index contributed by atoms with van der Waals surface area (Å²) in [5.74, 6) is -1.57. The van der Waals surface area contributed by atoms with E-state index < -0.39 is 26.9 Å². The van der Waals surface area contributed by atoms with Gasteiger partial charge in [-0.3, -0.25) is 20.2 Å². The predicted molar refractivity (Wildman–Crippen MR) is 58.4 cm³/mol. The van der Waals surface area contributed by atoms with Crippen LogP contribution in [0.3, 0.4) is 0 Å². The second-order valence-corrected chi connectivity index (χ2v) is 5.46. The summed E-state index contributed by atoms with van der Waals surface area (Å²) in [6.45, 7) is 0.104. The van der Waals surface area contributed by atoms with Crippen LogP contribution >= 0.6 is 0 Å². The van der Waals surface area contributed by atoms with Crippen molar-refractivity contribution in [3.05, 3.63) is 31.9 Å². The topological polar surface area (TPSA) is 131 Å². The Morgan fingerprint density at radius 3 is 2.42 bits per heavy atom. The highest BCUT2D eigenvalue weighted by Crippen LogP contribution is 2.39. The lowest BCUT2D eigenvalue weighted by atomic mass is 9.69. The molecule has 0 saturated carbocycles. The smallest absolute Gasteiger partial charge is 0.295 e. The van der Waals surface area contributed by atoms with E-state index in [2.05, 4.69) is 0 Å². The van der Waals surface area contributed by atoms with Crippen molar-refractivity contribution in [3.8, 4) is 0 Å². The fraction of sp³-hybridized carbons (Fsp3) is 0.700. The number of carboxylic acid groups (broad SMARTS) is 1. The van der Waals surface area contributed by atoms with Crippen LogP contribution in [0.4, 0.5) is 0 Å². The lowest BCUT2D eigenvalue weighted by molar-refractivity contribution is -0.926. The number of carbonyl (C=O) groups excluding carboxylic acids is 1. The molecule has 2 rings (SSSR count). The fourth-order valence-electron chi connectivity index (χ4n) is 3.31. The molecule has 0 aromatic carbocycles. The number of nitrogens with one attached hydrogen (secondary N) is 1. The van der Waals surface area contributed by atoms with Gasteiger partial charge in [-0.25, -0.2) is 0 Å². The summed E-state index contributed by atoms with van der Waals surface area (Å²) >= 11 is 0. The molecule has 2 bridgehead atoms. The Balaban J connectivity index is 2.58. The molecule has 19 heavy (non-hydrogen) atoms. The van der Waals surface area contributed by atoms with E-state index in [1.54, 1.807) is 7.05 Å². The standard InChI is InChI=1S/C10H13N3O6/c1-11-5-9(12(16)17)2-7(8(14)15)3-10(4-9,6-11)13(18)19/h2H,3-6H2,1H3,(H,14,15)/t9-,10+/m0/s1. The Hall–Kier alpha value is -2.03. The first-order valence-corrected chi connectivity index (χ1v) is 5.74. The quantitative estimate of drug-likeness (QED) is 0.430. The van der Waals surface area contributed by atoms with Crippen molar-refractivity contribution in [2.75, 3.05) is 20.1 Å². The van der Waals surface area contributed by atoms with E-state index in [-0.39, 0.29) is 31.5 Å². The molecule has 2 aliphatic rings. The van der Waals surface area contributed by atoms with Crippen molar-refractivity contribution in [3.63, 3.8) is 0 Å². The normalized spacial score (nSPS) is 37.3. The Kier molecular flexibility index (Phi) is 2.81. The molecular formula is C10H13N3O6. The van der Waals surface area contributed by atoms with Gasteiger partial charge < -0.3 is 14.8 Å². The number of hydrogen-bond donors (Lipinski definition) is 1. The number of fused-ring (bicyclic) bond motifs is 2. The van der Waals surface area contributed by atoms with Gasteiger partial charge in [0, 0.05) is 15.9 Å². The molecule has 9 heteroatoms. The highest BCUT2D eigenvalue weighted by molar-refractivity contribution is 5.85. The van der Waals surface area contributed by atoms with E-state index in [1.807, 2.05) is 0 Å². The summed E-state index contributed by atoms with van der Waals surface area (Å²) in [6, 6.07) is 0. The molecule has 3 atom stereocenters. The Morgan fingerprint density at radius 2 is 1.95 bits per heavy atom. The van der Waals surface area contributed by atoms with E-state index in [0.29, 0.717) is 4.90 Å². The molecule has 104 valence electrons. The minimum atomic E-state index is -1.69. The van der Waals surface area contributed by atoms with Gasteiger partial charge in [0.15, 0.2) is 6.54 Å². The van der Waals surface area contributed by atoms with Crippen molar-refractivity contribution in [1.82, 2.24) is 0 Å². The molecule has 1 unspecified atom stereocenters. The minimum absolute atomic E-state index is 0.0341. The number of nitrogens with zero attached hydrogens (tertiary/aromatic N) is 2. The van der Waals surface area contributed by atoms with Crippen LogP contribution in [0.1, 0.15) is 12.8 Å². The van der Waals surface area contributed by atoms with Gasteiger partial charge in [0.1, 0.15) is 13.0 Å². The SMILES string of the molecule is C[NH+]1C[C@]2([N+](=O)[O-])C=C(C(=O)[O-])C[C@]([N+](=O)[O-])(C1)C2. The number of aliphatic carboxylic acids is 1. The van der Waals surface area contributed by atoms with Gasteiger partial charge in [0.05, 0.1) is 19.4 Å². The van der Waals surface area contributed by atoms with Crippen molar-refractivity contribution in [2.45, 2.75) is 23.9 Å². The molecule has 1 aliphatic carbocycles. The third-order valence-corrected chi connectivity index (χ3v) is 3.85. The van der Waals surface area contributed by atoms with Crippen LogP contribution in [0.2, 0.25) is 0 Å². The molecule has 1 N–H and O–H groups in total. The van der Waals surface area contributed by atoms with Crippen LogP contribution in [0.5, 0.6) is 0 Å². The first kappa shape index (κ1) is 13.4. The number of carboxylic acids is 1.